The predicted octanol–water partition coefficient (Wildman–Crippen LogP) is 4.86. The zero-order valence-corrected chi connectivity index (χ0v) is 17.6. The molecule has 0 saturated carbocycles. The highest BCUT2D eigenvalue weighted by molar-refractivity contribution is 5.86. The maximum absolute atomic E-state index is 5.70. The van der Waals surface area contributed by atoms with Gasteiger partial charge >= 0.3 is 0 Å². The Morgan fingerprint density at radius 2 is 2.00 bits per heavy atom. The average Bonchev–Trinajstić information content (AvgIpc) is 3.41. The number of ether oxygens (including phenoxy) is 1. The van der Waals surface area contributed by atoms with Gasteiger partial charge in [-0.1, -0.05) is 18.2 Å². The van der Waals surface area contributed by atoms with E-state index in [0.717, 1.165) is 24.3 Å². The number of benzene rings is 2. The van der Waals surface area contributed by atoms with Crippen LogP contribution in [0, 0.1) is 0 Å². The van der Waals surface area contributed by atoms with E-state index in [2.05, 4.69) is 83.6 Å². The van der Waals surface area contributed by atoms with Crippen molar-refractivity contribution in [3.63, 3.8) is 0 Å². The van der Waals surface area contributed by atoms with E-state index < -0.39 is 0 Å². The molecular formula is C25H26N4O. The van der Waals surface area contributed by atoms with Crippen molar-refractivity contribution in [1.29, 1.82) is 0 Å². The van der Waals surface area contributed by atoms with Crippen LogP contribution in [-0.2, 0) is 13.5 Å². The minimum atomic E-state index is 0.0616. The maximum Gasteiger partial charge on any atom is 0.122 e. The second kappa shape index (κ2) is 7.48. The molecule has 30 heavy (non-hydrogen) atoms. The summed E-state index contributed by atoms with van der Waals surface area (Å²) in [6.07, 6.45) is 9.05. The van der Waals surface area contributed by atoms with Crippen molar-refractivity contribution in [2.45, 2.75) is 32.5 Å². The Kier molecular flexibility index (Phi) is 4.66. The monoisotopic (exact) mass is 398 g/mol. The first-order valence-electron chi connectivity index (χ1n) is 10.5. The predicted molar refractivity (Wildman–Crippen MR) is 120 cm³/mol. The fourth-order valence-corrected chi connectivity index (χ4v) is 4.43. The first-order valence-corrected chi connectivity index (χ1v) is 10.5. The molecule has 2 aliphatic rings. The molecule has 2 aliphatic heterocycles. The van der Waals surface area contributed by atoms with Crippen LogP contribution in [0.5, 0.6) is 5.75 Å². The molecule has 3 heterocycles. The first-order chi connectivity index (χ1) is 14.6. The van der Waals surface area contributed by atoms with E-state index in [0.29, 0.717) is 0 Å². The van der Waals surface area contributed by atoms with Crippen LogP contribution in [0.4, 0.5) is 0 Å². The molecule has 2 aromatic carbocycles. The van der Waals surface area contributed by atoms with Crippen LogP contribution >= 0.6 is 0 Å². The highest BCUT2D eigenvalue weighted by Crippen LogP contribution is 2.37. The Hall–Kier alpha value is -3.34. The highest BCUT2D eigenvalue weighted by Gasteiger charge is 2.27. The van der Waals surface area contributed by atoms with E-state index in [1.165, 1.54) is 28.0 Å². The number of hydrogen-bond donors (Lipinski definition) is 0. The van der Waals surface area contributed by atoms with E-state index in [-0.39, 0.29) is 12.2 Å². The van der Waals surface area contributed by atoms with Gasteiger partial charge < -0.3 is 9.64 Å². The van der Waals surface area contributed by atoms with Gasteiger partial charge in [-0.2, -0.15) is 5.10 Å². The van der Waals surface area contributed by atoms with Gasteiger partial charge in [0.2, 0.25) is 0 Å². The molecule has 5 nitrogen and oxygen atoms in total. The smallest absolute Gasteiger partial charge is 0.122 e. The van der Waals surface area contributed by atoms with Crippen molar-refractivity contribution in [3.05, 3.63) is 77.6 Å². The van der Waals surface area contributed by atoms with E-state index in [1.54, 1.807) is 0 Å². The van der Waals surface area contributed by atoms with E-state index in [4.69, 9.17) is 4.74 Å². The van der Waals surface area contributed by atoms with Gasteiger partial charge in [-0.25, -0.2) is 0 Å². The standard InChI is InChI=1S/C25H26N4O/c1-17(19-5-4-6-20(13-19)23-15-27-28(3)16-23)29-18(2)26-11-9-24(29)21-7-8-25-22(14-21)10-12-30-25/h4-9,11,13-18H,10,12H2,1-3H3. The van der Waals surface area contributed by atoms with Crippen LogP contribution in [-0.4, -0.2) is 33.7 Å². The molecule has 0 saturated heterocycles. The summed E-state index contributed by atoms with van der Waals surface area (Å²) >= 11 is 0. The molecule has 3 aromatic rings. The fraction of sp³-hybridized carbons (Fsp3) is 0.280. The molecule has 2 atom stereocenters. The van der Waals surface area contributed by atoms with Gasteiger partial charge in [0.05, 0.1) is 18.8 Å². The molecule has 0 fully saturated rings. The molecule has 0 N–H and O–H groups in total. The number of aryl methyl sites for hydroxylation is 1. The third-order valence-corrected chi connectivity index (χ3v) is 6.02. The number of aromatic nitrogens is 2. The van der Waals surface area contributed by atoms with Crippen LogP contribution in [0.25, 0.3) is 16.8 Å². The van der Waals surface area contributed by atoms with E-state index in [1.807, 2.05) is 24.1 Å². The first kappa shape index (κ1) is 18.7. The summed E-state index contributed by atoms with van der Waals surface area (Å²) in [5.74, 6) is 1.01. The molecule has 0 bridgehead atoms. The van der Waals surface area contributed by atoms with Crippen molar-refractivity contribution in [1.82, 2.24) is 14.7 Å². The molecule has 0 aliphatic carbocycles. The number of nitrogens with zero attached hydrogens (tertiary/aromatic N) is 4. The number of hydrogen-bond acceptors (Lipinski definition) is 4. The summed E-state index contributed by atoms with van der Waals surface area (Å²) in [6.45, 7) is 5.18. The summed E-state index contributed by atoms with van der Waals surface area (Å²) in [5.41, 5.74) is 7.27. The average molecular weight is 399 g/mol. The largest absolute Gasteiger partial charge is 0.493 e. The lowest BCUT2D eigenvalue weighted by Gasteiger charge is -2.38. The van der Waals surface area contributed by atoms with Crippen LogP contribution in [0.3, 0.4) is 0 Å². The Balaban J connectivity index is 1.50. The topological polar surface area (TPSA) is 42.6 Å². The van der Waals surface area contributed by atoms with Crippen molar-refractivity contribution in [2.24, 2.45) is 12.0 Å². The van der Waals surface area contributed by atoms with E-state index in [9.17, 15) is 0 Å². The second-order valence-electron chi connectivity index (χ2n) is 8.01. The Morgan fingerprint density at radius 3 is 2.83 bits per heavy atom. The molecule has 0 radical (unpaired) electrons. The lowest BCUT2D eigenvalue weighted by atomic mass is 9.98. The van der Waals surface area contributed by atoms with Gasteiger partial charge in [-0.3, -0.25) is 9.67 Å². The van der Waals surface area contributed by atoms with Gasteiger partial charge in [0, 0.05) is 37.1 Å². The van der Waals surface area contributed by atoms with Crippen LogP contribution < -0.4 is 4.74 Å². The third-order valence-electron chi connectivity index (χ3n) is 6.02. The fourth-order valence-electron chi connectivity index (χ4n) is 4.43. The molecule has 5 rings (SSSR count). The molecule has 5 heteroatoms. The molecule has 0 amide bonds. The van der Waals surface area contributed by atoms with Crippen molar-refractivity contribution in [2.75, 3.05) is 6.61 Å². The minimum absolute atomic E-state index is 0.0616. The van der Waals surface area contributed by atoms with Crippen LogP contribution in [0.2, 0.25) is 0 Å². The summed E-state index contributed by atoms with van der Waals surface area (Å²) < 4.78 is 7.53. The Labute approximate surface area is 177 Å². The van der Waals surface area contributed by atoms with Crippen molar-refractivity contribution < 1.29 is 4.74 Å². The van der Waals surface area contributed by atoms with Gasteiger partial charge in [-0.15, -0.1) is 0 Å². The molecule has 152 valence electrons. The normalized spacial score (nSPS) is 18.7. The quantitative estimate of drug-likeness (QED) is 0.631. The molecule has 2 unspecified atom stereocenters. The maximum atomic E-state index is 5.70. The van der Waals surface area contributed by atoms with E-state index >= 15 is 0 Å². The summed E-state index contributed by atoms with van der Waals surface area (Å²) in [6, 6.07) is 15.4. The third kappa shape index (κ3) is 3.30. The summed E-state index contributed by atoms with van der Waals surface area (Å²) in [5, 5.41) is 4.32. The molecule has 1 aromatic heterocycles. The van der Waals surface area contributed by atoms with Gasteiger partial charge in [0.25, 0.3) is 0 Å². The van der Waals surface area contributed by atoms with Crippen molar-refractivity contribution >= 4 is 11.9 Å². The highest BCUT2D eigenvalue weighted by atomic mass is 16.5. The lowest BCUT2D eigenvalue weighted by Crippen LogP contribution is -2.35. The minimum Gasteiger partial charge on any atom is -0.493 e. The van der Waals surface area contributed by atoms with Crippen LogP contribution in [0.1, 0.15) is 36.6 Å². The summed E-state index contributed by atoms with van der Waals surface area (Å²) in [7, 11) is 1.95. The van der Waals surface area contributed by atoms with Crippen molar-refractivity contribution in [3.8, 4) is 16.9 Å². The molecule has 0 spiro atoms. The summed E-state index contributed by atoms with van der Waals surface area (Å²) in [4.78, 5) is 7.08. The second-order valence-corrected chi connectivity index (χ2v) is 8.01. The number of aliphatic imine (C=N–C) groups is 1. The SMILES string of the molecule is CC1N=CC=C(c2ccc3c(c2)CCO3)N1C(C)c1cccc(-c2cnn(C)c2)c1. The van der Waals surface area contributed by atoms with Crippen LogP contribution in [0.15, 0.2) is 65.9 Å². The zero-order valence-electron chi connectivity index (χ0n) is 17.6. The van der Waals surface area contributed by atoms with Gasteiger partial charge in [0.15, 0.2) is 0 Å². The molecular weight excluding hydrogens is 372 g/mol. The van der Waals surface area contributed by atoms with Gasteiger partial charge in [0.1, 0.15) is 11.9 Å². The number of fused-ring (bicyclic) bond motifs is 1. The zero-order chi connectivity index (χ0) is 20.7. The Morgan fingerprint density at radius 1 is 1.10 bits per heavy atom. The number of rotatable bonds is 4. The Bertz CT molecular complexity index is 1140. The number of allylic oxidation sites excluding steroid dienone is 1. The van der Waals surface area contributed by atoms with Gasteiger partial charge in [-0.05, 0) is 66.4 Å². The lowest BCUT2D eigenvalue weighted by molar-refractivity contribution is 0.252.